The van der Waals surface area contributed by atoms with E-state index in [-0.39, 0.29) is 0 Å². The second-order valence-corrected chi connectivity index (χ2v) is 5.73. The van der Waals surface area contributed by atoms with Crippen LogP contribution in [0.5, 0.6) is 0 Å². The molecule has 0 amide bonds. The summed E-state index contributed by atoms with van der Waals surface area (Å²) in [4.78, 5) is 2.42. The predicted octanol–water partition coefficient (Wildman–Crippen LogP) is 1.11. The summed E-state index contributed by atoms with van der Waals surface area (Å²) in [6.07, 6.45) is 5.36. The van der Waals surface area contributed by atoms with Crippen LogP contribution in [0.15, 0.2) is 0 Å². The Labute approximate surface area is 111 Å². The molecule has 18 heavy (non-hydrogen) atoms. The van der Waals surface area contributed by atoms with Crippen molar-refractivity contribution in [2.24, 2.45) is 5.92 Å². The number of nitrogens with one attached hydrogen (secondary N) is 1. The van der Waals surface area contributed by atoms with Gasteiger partial charge in [0, 0.05) is 38.3 Å². The molecule has 2 heterocycles. The van der Waals surface area contributed by atoms with E-state index in [1.807, 2.05) is 0 Å². The third-order valence-corrected chi connectivity index (χ3v) is 4.18. The standard InChI is InChI=1S/C14H28N2O2/c1-15-14-6-8-17-11-12(14)9-16(2)10-13-5-3-4-7-18-13/h12-15H,3-11H2,1-2H3. The molecule has 0 aromatic heterocycles. The Kier molecular flexibility index (Phi) is 5.89. The maximum absolute atomic E-state index is 5.80. The zero-order valence-electron chi connectivity index (χ0n) is 11.9. The lowest BCUT2D eigenvalue weighted by atomic mass is 9.95. The van der Waals surface area contributed by atoms with Gasteiger partial charge >= 0.3 is 0 Å². The van der Waals surface area contributed by atoms with E-state index in [1.165, 1.54) is 19.3 Å². The van der Waals surface area contributed by atoms with Gasteiger partial charge in [-0.2, -0.15) is 0 Å². The minimum atomic E-state index is 0.446. The van der Waals surface area contributed by atoms with E-state index >= 15 is 0 Å². The van der Waals surface area contributed by atoms with Gasteiger partial charge in [0.25, 0.3) is 0 Å². The highest BCUT2D eigenvalue weighted by Gasteiger charge is 2.26. The van der Waals surface area contributed by atoms with Crippen molar-refractivity contribution in [3.05, 3.63) is 0 Å². The number of nitrogens with zero attached hydrogens (tertiary/aromatic N) is 1. The van der Waals surface area contributed by atoms with Gasteiger partial charge in [0.15, 0.2) is 0 Å². The van der Waals surface area contributed by atoms with Crippen molar-refractivity contribution in [3.8, 4) is 0 Å². The summed E-state index contributed by atoms with van der Waals surface area (Å²) in [5, 5.41) is 3.43. The van der Waals surface area contributed by atoms with Crippen molar-refractivity contribution in [2.75, 3.05) is 47.0 Å². The van der Waals surface area contributed by atoms with Crippen molar-refractivity contribution in [3.63, 3.8) is 0 Å². The zero-order valence-corrected chi connectivity index (χ0v) is 11.9. The molecule has 2 rings (SSSR count). The maximum Gasteiger partial charge on any atom is 0.0701 e. The van der Waals surface area contributed by atoms with Gasteiger partial charge in [-0.15, -0.1) is 0 Å². The van der Waals surface area contributed by atoms with Gasteiger partial charge < -0.3 is 19.7 Å². The molecule has 0 saturated carbocycles. The highest BCUT2D eigenvalue weighted by molar-refractivity contribution is 4.81. The average Bonchev–Trinajstić information content (AvgIpc) is 2.40. The summed E-state index contributed by atoms with van der Waals surface area (Å²) in [6.45, 7) is 4.90. The molecule has 106 valence electrons. The molecular formula is C14H28N2O2. The van der Waals surface area contributed by atoms with Gasteiger partial charge in [-0.3, -0.25) is 0 Å². The SMILES string of the molecule is CNC1CCOCC1CN(C)CC1CCCCO1. The first-order valence-corrected chi connectivity index (χ1v) is 7.34. The molecule has 2 aliphatic rings. The Morgan fingerprint density at radius 1 is 1.17 bits per heavy atom. The van der Waals surface area contributed by atoms with Crippen LogP contribution in [0.1, 0.15) is 25.7 Å². The molecule has 1 N–H and O–H groups in total. The molecule has 2 aliphatic heterocycles. The quantitative estimate of drug-likeness (QED) is 0.799. The van der Waals surface area contributed by atoms with Gasteiger partial charge in [0.05, 0.1) is 12.7 Å². The molecule has 2 saturated heterocycles. The van der Waals surface area contributed by atoms with Crippen molar-refractivity contribution >= 4 is 0 Å². The fourth-order valence-corrected chi connectivity index (χ4v) is 3.13. The van der Waals surface area contributed by atoms with Gasteiger partial charge in [-0.1, -0.05) is 0 Å². The number of likely N-dealkylation sites (N-methyl/N-ethyl adjacent to an activating group) is 1. The molecule has 0 radical (unpaired) electrons. The van der Waals surface area contributed by atoms with Crippen LogP contribution >= 0.6 is 0 Å². The van der Waals surface area contributed by atoms with Crippen molar-refractivity contribution in [1.29, 1.82) is 0 Å². The van der Waals surface area contributed by atoms with Gasteiger partial charge in [0.2, 0.25) is 0 Å². The fourth-order valence-electron chi connectivity index (χ4n) is 3.13. The predicted molar refractivity (Wildman–Crippen MR) is 72.9 cm³/mol. The topological polar surface area (TPSA) is 33.7 Å². The summed E-state index contributed by atoms with van der Waals surface area (Å²) < 4.78 is 11.4. The van der Waals surface area contributed by atoms with Crippen LogP contribution in [-0.4, -0.2) is 64.1 Å². The molecule has 4 heteroatoms. The average molecular weight is 256 g/mol. The molecule has 0 spiro atoms. The molecule has 4 nitrogen and oxygen atoms in total. The van der Waals surface area contributed by atoms with Crippen molar-refractivity contribution in [1.82, 2.24) is 10.2 Å². The van der Waals surface area contributed by atoms with E-state index in [9.17, 15) is 0 Å². The highest BCUT2D eigenvalue weighted by atomic mass is 16.5. The molecule has 3 atom stereocenters. The highest BCUT2D eigenvalue weighted by Crippen LogP contribution is 2.17. The van der Waals surface area contributed by atoms with Crippen LogP contribution in [0.2, 0.25) is 0 Å². The lowest BCUT2D eigenvalue weighted by Gasteiger charge is -2.35. The largest absolute Gasteiger partial charge is 0.381 e. The normalized spacial score (nSPS) is 33.8. The van der Waals surface area contributed by atoms with Crippen LogP contribution in [0.4, 0.5) is 0 Å². The van der Waals surface area contributed by atoms with E-state index in [1.54, 1.807) is 0 Å². The van der Waals surface area contributed by atoms with Crippen LogP contribution in [-0.2, 0) is 9.47 Å². The lowest BCUT2D eigenvalue weighted by Crippen LogP contribution is -2.47. The molecule has 0 bridgehead atoms. The van der Waals surface area contributed by atoms with Gasteiger partial charge in [0.1, 0.15) is 0 Å². The Morgan fingerprint density at radius 3 is 2.78 bits per heavy atom. The van der Waals surface area contributed by atoms with Crippen molar-refractivity contribution < 1.29 is 9.47 Å². The van der Waals surface area contributed by atoms with E-state index in [0.717, 1.165) is 39.3 Å². The first-order chi connectivity index (χ1) is 8.79. The van der Waals surface area contributed by atoms with E-state index in [0.29, 0.717) is 18.1 Å². The minimum absolute atomic E-state index is 0.446. The molecular weight excluding hydrogens is 228 g/mol. The smallest absolute Gasteiger partial charge is 0.0701 e. The first kappa shape index (κ1) is 14.3. The Hall–Kier alpha value is -0.160. The molecule has 0 aliphatic carbocycles. The molecule has 0 aromatic carbocycles. The molecule has 2 fully saturated rings. The van der Waals surface area contributed by atoms with Crippen LogP contribution < -0.4 is 5.32 Å². The van der Waals surface area contributed by atoms with E-state index in [4.69, 9.17) is 9.47 Å². The van der Waals surface area contributed by atoms with Crippen LogP contribution in [0.3, 0.4) is 0 Å². The van der Waals surface area contributed by atoms with Crippen LogP contribution in [0.25, 0.3) is 0 Å². The third kappa shape index (κ3) is 4.19. The second kappa shape index (κ2) is 7.43. The van der Waals surface area contributed by atoms with Gasteiger partial charge in [-0.05, 0) is 39.8 Å². The lowest BCUT2D eigenvalue weighted by molar-refractivity contribution is -0.0159. The van der Waals surface area contributed by atoms with Crippen LogP contribution in [0, 0.1) is 5.92 Å². The van der Waals surface area contributed by atoms with Crippen molar-refractivity contribution in [2.45, 2.75) is 37.8 Å². The monoisotopic (exact) mass is 256 g/mol. The Balaban J connectivity index is 1.73. The Morgan fingerprint density at radius 2 is 2.06 bits per heavy atom. The third-order valence-electron chi connectivity index (χ3n) is 4.18. The summed E-state index contributed by atoms with van der Waals surface area (Å²) in [5.74, 6) is 0.609. The maximum atomic E-state index is 5.80. The summed E-state index contributed by atoms with van der Waals surface area (Å²) in [5.41, 5.74) is 0. The van der Waals surface area contributed by atoms with E-state index in [2.05, 4.69) is 24.3 Å². The van der Waals surface area contributed by atoms with E-state index < -0.39 is 0 Å². The second-order valence-electron chi connectivity index (χ2n) is 5.73. The number of hydrogen-bond acceptors (Lipinski definition) is 4. The minimum Gasteiger partial charge on any atom is -0.381 e. The number of hydrogen-bond donors (Lipinski definition) is 1. The molecule has 3 unspecified atom stereocenters. The summed E-state index contributed by atoms with van der Waals surface area (Å²) >= 11 is 0. The summed E-state index contributed by atoms with van der Waals surface area (Å²) in [7, 11) is 4.27. The van der Waals surface area contributed by atoms with Gasteiger partial charge in [-0.25, -0.2) is 0 Å². The number of rotatable bonds is 5. The first-order valence-electron chi connectivity index (χ1n) is 7.34. The zero-order chi connectivity index (χ0) is 12.8. The summed E-state index contributed by atoms with van der Waals surface area (Å²) in [6, 6.07) is 0.605. The fraction of sp³-hybridized carbons (Fsp3) is 1.00. The molecule has 0 aromatic rings. The number of ether oxygens (including phenoxy) is 2. The Bertz CT molecular complexity index is 232.